The molecule has 0 saturated heterocycles. The van der Waals surface area contributed by atoms with E-state index in [9.17, 15) is 9.59 Å². The normalized spacial score (nSPS) is 13.0. The highest BCUT2D eigenvalue weighted by atomic mass is 16.5. The Bertz CT molecular complexity index is 992. The number of hydrogen-bond donors (Lipinski definition) is 1. The second kappa shape index (κ2) is 6.44. The van der Waals surface area contributed by atoms with Gasteiger partial charge < -0.3 is 14.5 Å². The summed E-state index contributed by atoms with van der Waals surface area (Å²) in [7, 11) is 0. The van der Waals surface area contributed by atoms with Crippen molar-refractivity contribution in [3.05, 3.63) is 59.5 Å². The van der Waals surface area contributed by atoms with Gasteiger partial charge in [0, 0.05) is 24.5 Å². The highest BCUT2D eigenvalue weighted by Crippen LogP contribution is 2.33. The first kappa shape index (κ1) is 16.0. The zero-order valence-corrected chi connectivity index (χ0v) is 14.0. The lowest BCUT2D eigenvalue weighted by atomic mass is 10.0. The first-order valence-electron chi connectivity index (χ1n) is 8.13. The third kappa shape index (κ3) is 2.95. The van der Waals surface area contributed by atoms with Gasteiger partial charge in [-0.05, 0) is 36.4 Å². The van der Waals surface area contributed by atoms with Crippen molar-refractivity contribution in [3.63, 3.8) is 0 Å². The van der Waals surface area contributed by atoms with E-state index in [0.29, 0.717) is 47.4 Å². The van der Waals surface area contributed by atoms with Crippen molar-refractivity contribution in [1.29, 1.82) is 0 Å². The second-order valence-corrected chi connectivity index (χ2v) is 5.86. The van der Waals surface area contributed by atoms with E-state index < -0.39 is 0 Å². The zero-order valence-electron chi connectivity index (χ0n) is 14.0. The fraction of sp³-hybridized carbons (Fsp3) is 0.158. The number of para-hydroxylation sites is 1. The number of aromatic nitrogens is 2. The van der Waals surface area contributed by atoms with Crippen LogP contribution in [0.5, 0.6) is 5.75 Å². The minimum atomic E-state index is -0.298. The highest BCUT2D eigenvalue weighted by molar-refractivity contribution is 6.07. The fourth-order valence-electron chi connectivity index (χ4n) is 2.76. The molecule has 1 N–H and O–H groups in total. The molecule has 0 unspecified atom stereocenters. The van der Waals surface area contributed by atoms with Gasteiger partial charge in [0.15, 0.2) is 11.5 Å². The largest absolute Gasteiger partial charge is 0.490 e. The lowest BCUT2D eigenvalue weighted by Crippen LogP contribution is -2.19. The van der Waals surface area contributed by atoms with Gasteiger partial charge in [0.2, 0.25) is 11.8 Å². The van der Waals surface area contributed by atoms with Crippen LogP contribution in [0, 0.1) is 6.92 Å². The molecule has 130 valence electrons. The molecule has 0 fully saturated rings. The minimum absolute atomic E-state index is 0.0153. The van der Waals surface area contributed by atoms with Crippen LogP contribution in [0.3, 0.4) is 0 Å². The quantitative estimate of drug-likeness (QED) is 0.780. The van der Waals surface area contributed by atoms with E-state index >= 15 is 0 Å². The fourth-order valence-corrected chi connectivity index (χ4v) is 2.76. The molecule has 0 spiro atoms. The summed E-state index contributed by atoms with van der Waals surface area (Å²) in [5, 5.41) is 10.5. The Balaban J connectivity index is 1.56. The van der Waals surface area contributed by atoms with E-state index in [-0.39, 0.29) is 11.7 Å². The predicted molar refractivity (Wildman–Crippen MR) is 93.3 cm³/mol. The molecule has 1 amide bonds. The van der Waals surface area contributed by atoms with Gasteiger partial charge in [0.05, 0.1) is 17.9 Å². The number of rotatable bonds is 3. The molecular formula is C19H15N3O4. The van der Waals surface area contributed by atoms with Crippen molar-refractivity contribution in [3.8, 4) is 17.2 Å². The highest BCUT2D eigenvalue weighted by Gasteiger charge is 2.22. The second-order valence-electron chi connectivity index (χ2n) is 5.86. The number of ketones is 1. The summed E-state index contributed by atoms with van der Waals surface area (Å²) < 4.78 is 10.9. The molecule has 1 aromatic heterocycles. The molecule has 3 aromatic rings. The maximum Gasteiger partial charge on any atom is 0.255 e. The number of aryl methyl sites for hydroxylation is 1. The van der Waals surface area contributed by atoms with Crippen LogP contribution in [0.15, 0.2) is 46.9 Å². The molecule has 1 aliphatic rings. The van der Waals surface area contributed by atoms with Gasteiger partial charge in [-0.15, -0.1) is 10.2 Å². The molecule has 7 heteroatoms. The Morgan fingerprint density at radius 3 is 2.65 bits per heavy atom. The summed E-state index contributed by atoms with van der Waals surface area (Å²) in [4.78, 5) is 24.5. The van der Waals surface area contributed by atoms with Crippen LogP contribution in [0.4, 0.5) is 5.69 Å². The van der Waals surface area contributed by atoms with Crippen LogP contribution in [0.2, 0.25) is 0 Å². The average Bonchev–Trinajstić information content (AvgIpc) is 3.09. The van der Waals surface area contributed by atoms with Crippen molar-refractivity contribution in [2.24, 2.45) is 0 Å². The van der Waals surface area contributed by atoms with E-state index in [1.54, 1.807) is 49.4 Å². The molecule has 7 nitrogen and oxygen atoms in total. The first-order valence-corrected chi connectivity index (χ1v) is 8.13. The van der Waals surface area contributed by atoms with Gasteiger partial charge in [-0.1, -0.05) is 6.07 Å². The van der Waals surface area contributed by atoms with E-state index in [1.807, 2.05) is 0 Å². The standard InChI is InChI=1S/C19H15N3O4/c1-11-21-22-19(26-11)13-7-5-12(6-8-13)18(24)20-15-4-2-3-14-16(23)9-10-25-17(14)15/h2-8H,9-10H2,1H3,(H,20,24). The third-order valence-corrected chi connectivity index (χ3v) is 4.06. The number of nitrogens with zero attached hydrogens (tertiary/aromatic N) is 2. The first-order chi connectivity index (χ1) is 12.6. The lowest BCUT2D eigenvalue weighted by molar-refractivity contribution is 0.0931. The van der Waals surface area contributed by atoms with Crippen LogP contribution in [0.25, 0.3) is 11.5 Å². The Labute approximate surface area is 149 Å². The Morgan fingerprint density at radius 2 is 1.92 bits per heavy atom. The molecule has 0 saturated carbocycles. The molecule has 0 radical (unpaired) electrons. The number of fused-ring (bicyclic) bond motifs is 1. The van der Waals surface area contributed by atoms with Crippen LogP contribution in [-0.4, -0.2) is 28.5 Å². The van der Waals surface area contributed by atoms with Gasteiger partial charge in [-0.3, -0.25) is 9.59 Å². The van der Waals surface area contributed by atoms with Crippen molar-refractivity contribution in [2.45, 2.75) is 13.3 Å². The number of benzene rings is 2. The topological polar surface area (TPSA) is 94.3 Å². The number of nitrogens with one attached hydrogen (secondary N) is 1. The molecule has 2 aromatic carbocycles. The molecule has 2 heterocycles. The zero-order chi connectivity index (χ0) is 18.1. The maximum absolute atomic E-state index is 12.5. The monoisotopic (exact) mass is 349 g/mol. The minimum Gasteiger partial charge on any atom is -0.490 e. The summed E-state index contributed by atoms with van der Waals surface area (Å²) in [6, 6.07) is 12.0. The lowest BCUT2D eigenvalue weighted by Gasteiger charge is -2.19. The average molecular weight is 349 g/mol. The predicted octanol–water partition coefficient (Wildman–Crippen LogP) is 3.26. The molecule has 4 rings (SSSR count). The summed E-state index contributed by atoms with van der Waals surface area (Å²) in [5.41, 5.74) is 2.17. The maximum atomic E-state index is 12.5. The summed E-state index contributed by atoms with van der Waals surface area (Å²) >= 11 is 0. The molecule has 0 aliphatic carbocycles. The van der Waals surface area contributed by atoms with Gasteiger partial charge in [-0.2, -0.15) is 0 Å². The van der Waals surface area contributed by atoms with Crippen LogP contribution < -0.4 is 10.1 Å². The molecule has 26 heavy (non-hydrogen) atoms. The van der Waals surface area contributed by atoms with E-state index in [2.05, 4.69) is 15.5 Å². The number of carbonyl (C=O) groups excluding carboxylic acids is 2. The van der Waals surface area contributed by atoms with Crippen molar-refractivity contribution in [2.75, 3.05) is 11.9 Å². The van der Waals surface area contributed by atoms with E-state index in [4.69, 9.17) is 9.15 Å². The summed E-state index contributed by atoms with van der Waals surface area (Å²) in [5.74, 6) is 1.02. The van der Waals surface area contributed by atoms with Crippen molar-refractivity contribution >= 4 is 17.4 Å². The SMILES string of the molecule is Cc1nnc(-c2ccc(C(=O)Nc3cccc4c3OCCC4=O)cc2)o1. The smallest absolute Gasteiger partial charge is 0.255 e. The van der Waals surface area contributed by atoms with Gasteiger partial charge in [-0.25, -0.2) is 0 Å². The van der Waals surface area contributed by atoms with Crippen LogP contribution in [0.1, 0.15) is 33.0 Å². The van der Waals surface area contributed by atoms with Crippen molar-refractivity contribution < 1.29 is 18.7 Å². The summed E-state index contributed by atoms with van der Waals surface area (Å²) in [6.07, 6.45) is 0.348. The molecule has 0 atom stereocenters. The van der Waals surface area contributed by atoms with Crippen LogP contribution >= 0.6 is 0 Å². The Morgan fingerprint density at radius 1 is 1.12 bits per heavy atom. The summed E-state index contributed by atoms with van der Waals surface area (Å²) in [6.45, 7) is 2.03. The van der Waals surface area contributed by atoms with Gasteiger partial charge >= 0.3 is 0 Å². The molecule has 1 aliphatic heterocycles. The van der Waals surface area contributed by atoms with Gasteiger partial charge in [0.1, 0.15) is 0 Å². The van der Waals surface area contributed by atoms with Crippen molar-refractivity contribution in [1.82, 2.24) is 10.2 Å². The Kier molecular flexibility index (Phi) is 3.96. The number of carbonyl (C=O) groups is 2. The van der Waals surface area contributed by atoms with Gasteiger partial charge in [0.25, 0.3) is 5.91 Å². The Hall–Kier alpha value is -3.48. The molecular weight excluding hydrogens is 334 g/mol. The number of hydrogen-bond acceptors (Lipinski definition) is 6. The number of amides is 1. The number of anilines is 1. The number of ether oxygens (including phenoxy) is 1. The van der Waals surface area contributed by atoms with E-state index in [1.165, 1.54) is 0 Å². The number of Topliss-reactive ketones (excluding diaryl/α,β-unsaturated/α-hetero) is 1. The molecule has 0 bridgehead atoms. The van der Waals surface area contributed by atoms with E-state index in [0.717, 1.165) is 5.56 Å². The third-order valence-electron chi connectivity index (χ3n) is 4.06. The van der Waals surface area contributed by atoms with Crippen LogP contribution in [-0.2, 0) is 0 Å².